The summed E-state index contributed by atoms with van der Waals surface area (Å²) in [5.74, 6) is 1.06. The van der Waals surface area contributed by atoms with E-state index in [1.165, 1.54) is 6.33 Å². The van der Waals surface area contributed by atoms with Crippen LogP contribution in [0.2, 0.25) is 0 Å². The second-order valence-corrected chi connectivity index (χ2v) is 9.03. The van der Waals surface area contributed by atoms with Crippen LogP contribution < -0.4 is 20.3 Å². The smallest absolute Gasteiger partial charge is 0.238 e. The van der Waals surface area contributed by atoms with Crippen molar-refractivity contribution in [2.24, 2.45) is 4.99 Å². The zero-order valence-electron chi connectivity index (χ0n) is 20.4. The normalized spacial score (nSPS) is 21.1. The number of hydrogen-bond acceptors (Lipinski definition) is 9. The number of amides is 2. The highest BCUT2D eigenvalue weighted by molar-refractivity contribution is 6.13. The summed E-state index contributed by atoms with van der Waals surface area (Å²) >= 11 is 0. The van der Waals surface area contributed by atoms with E-state index >= 15 is 0 Å². The van der Waals surface area contributed by atoms with Crippen LogP contribution in [0.4, 0.5) is 23.0 Å². The van der Waals surface area contributed by atoms with E-state index in [-0.39, 0.29) is 11.8 Å². The summed E-state index contributed by atoms with van der Waals surface area (Å²) in [4.78, 5) is 42.5. The number of morpholine rings is 1. The number of aliphatic imine (C=N–C) groups is 1. The lowest BCUT2D eigenvalue weighted by molar-refractivity contribution is -0.130. The molecule has 0 spiro atoms. The zero-order chi connectivity index (χ0) is 24.9. The molecule has 0 saturated carbocycles. The molecule has 4 heterocycles. The van der Waals surface area contributed by atoms with Gasteiger partial charge in [0, 0.05) is 51.9 Å². The van der Waals surface area contributed by atoms with Crippen molar-refractivity contribution in [2.75, 3.05) is 68.6 Å². The van der Waals surface area contributed by atoms with E-state index in [0.29, 0.717) is 74.4 Å². The summed E-state index contributed by atoms with van der Waals surface area (Å²) in [6.07, 6.45) is 4.84. The Morgan fingerprint density at radius 2 is 1.86 bits per heavy atom. The van der Waals surface area contributed by atoms with E-state index in [4.69, 9.17) is 9.47 Å². The molecule has 0 aliphatic carbocycles. The minimum Gasteiger partial charge on any atom is -0.491 e. The van der Waals surface area contributed by atoms with Crippen molar-refractivity contribution >= 4 is 41.0 Å². The average Bonchev–Trinajstić information content (AvgIpc) is 3.23. The molecule has 5 rings (SSSR count). The van der Waals surface area contributed by atoms with Gasteiger partial charge >= 0.3 is 0 Å². The second kappa shape index (κ2) is 10.9. The van der Waals surface area contributed by atoms with Crippen LogP contribution in [0.15, 0.2) is 29.5 Å². The molecule has 1 unspecified atom stereocenters. The Hall–Kier alpha value is -3.73. The number of ether oxygens (including phenoxy) is 2. The summed E-state index contributed by atoms with van der Waals surface area (Å²) in [5.41, 5.74) is 2.32. The number of rotatable bonds is 1. The van der Waals surface area contributed by atoms with Crippen LogP contribution in [-0.4, -0.2) is 85.9 Å². The SMILES string of the molecule is CN1CCCNc2ncnc3c2C(C=Nc2ccc(N4CCOCC4)c(c2)OCCCC1=O)C(=O)N3. The monoisotopic (exact) mass is 493 g/mol. The molecule has 2 aromatic rings. The molecule has 3 aliphatic heterocycles. The summed E-state index contributed by atoms with van der Waals surface area (Å²) in [6.45, 7) is 4.52. The van der Waals surface area contributed by atoms with E-state index in [2.05, 4.69) is 30.5 Å². The quantitative estimate of drug-likeness (QED) is 0.620. The minimum atomic E-state index is -0.616. The molecule has 1 atom stereocenters. The van der Waals surface area contributed by atoms with Gasteiger partial charge in [0.2, 0.25) is 11.8 Å². The maximum atomic E-state index is 12.8. The van der Waals surface area contributed by atoms with Gasteiger partial charge in [-0.25, -0.2) is 9.97 Å². The van der Waals surface area contributed by atoms with Crippen LogP contribution in [0, 0.1) is 0 Å². The first-order valence-electron chi connectivity index (χ1n) is 12.4. The van der Waals surface area contributed by atoms with E-state index in [9.17, 15) is 9.59 Å². The molecule has 1 aromatic carbocycles. The third-order valence-electron chi connectivity index (χ3n) is 6.57. The molecule has 2 bridgehead atoms. The first-order valence-corrected chi connectivity index (χ1v) is 12.4. The Kier molecular flexibility index (Phi) is 7.26. The van der Waals surface area contributed by atoms with E-state index in [1.54, 1.807) is 11.1 Å². The van der Waals surface area contributed by atoms with Gasteiger partial charge in [-0.05, 0) is 25.0 Å². The number of benzene rings is 1. The fraction of sp³-hybridized carbons (Fsp3) is 0.480. The number of nitrogens with one attached hydrogen (secondary N) is 2. The summed E-state index contributed by atoms with van der Waals surface area (Å²) in [5, 5.41) is 6.13. The predicted molar refractivity (Wildman–Crippen MR) is 137 cm³/mol. The van der Waals surface area contributed by atoms with Crippen LogP contribution in [0.5, 0.6) is 5.75 Å². The van der Waals surface area contributed by atoms with Crippen molar-refractivity contribution < 1.29 is 19.1 Å². The number of carbonyl (C=O) groups is 2. The third-order valence-corrected chi connectivity index (χ3v) is 6.57. The van der Waals surface area contributed by atoms with Crippen molar-refractivity contribution in [2.45, 2.75) is 25.2 Å². The number of anilines is 3. The van der Waals surface area contributed by atoms with Crippen molar-refractivity contribution in [3.8, 4) is 5.75 Å². The molecule has 11 heteroatoms. The molecule has 0 radical (unpaired) electrons. The number of hydrogen-bond donors (Lipinski definition) is 2. The third kappa shape index (κ3) is 5.25. The van der Waals surface area contributed by atoms with Crippen LogP contribution >= 0.6 is 0 Å². The van der Waals surface area contributed by atoms with Gasteiger partial charge in [-0.1, -0.05) is 0 Å². The molecule has 11 nitrogen and oxygen atoms in total. The lowest BCUT2D eigenvalue weighted by Gasteiger charge is -2.30. The largest absolute Gasteiger partial charge is 0.491 e. The van der Waals surface area contributed by atoms with E-state index in [0.717, 1.165) is 25.2 Å². The molecule has 1 saturated heterocycles. The molecule has 3 aliphatic rings. The molecular weight excluding hydrogens is 462 g/mol. The highest BCUT2D eigenvalue weighted by Crippen LogP contribution is 2.36. The summed E-state index contributed by atoms with van der Waals surface area (Å²) in [7, 11) is 1.82. The Labute approximate surface area is 209 Å². The molecule has 2 amide bonds. The van der Waals surface area contributed by atoms with Gasteiger partial charge in [0.05, 0.1) is 36.8 Å². The molecular formula is C25H31N7O4. The lowest BCUT2D eigenvalue weighted by atomic mass is 10.0. The van der Waals surface area contributed by atoms with Crippen molar-refractivity contribution in [3.63, 3.8) is 0 Å². The van der Waals surface area contributed by atoms with Gasteiger partial charge in [-0.15, -0.1) is 0 Å². The molecule has 2 N–H and O–H groups in total. The van der Waals surface area contributed by atoms with Crippen LogP contribution in [0.1, 0.15) is 30.7 Å². The average molecular weight is 494 g/mol. The standard InChI is InChI=1S/C25H31N7O4/c1-31-8-3-7-26-23-22-18(25(34)30-24(22)29-16-28-23)15-27-17-5-6-19(32-9-12-35-13-10-32)20(14-17)36-11-2-4-21(31)33/h5-6,14-16,18H,2-4,7-13H2,1H3,(H2,26,28,29,30,34). The molecule has 36 heavy (non-hydrogen) atoms. The topological polar surface area (TPSA) is 121 Å². The van der Waals surface area contributed by atoms with E-state index < -0.39 is 5.92 Å². The Bertz CT molecular complexity index is 1150. The van der Waals surface area contributed by atoms with Crippen LogP contribution in [-0.2, 0) is 14.3 Å². The summed E-state index contributed by atoms with van der Waals surface area (Å²) < 4.78 is 11.7. The number of nitrogens with zero attached hydrogens (tertiary/aromatic N) is 5. The highest BCUT2D eigenvalue weighted by atomic mass is 16.5. The van der Waals surface area contributed by atoms with Gasteiger partial charge in [-0.3, -0.25) is 14.6 Å². The first-order chi connectivity index (χ1) is 17.6. The minimum absolute atomic E-state index is 0.0873. The van der Waals surface area contributed by atoms with Gasteiger partial charge in [0.25, 0.3) is 0 Å². The number of aromatic nitrogens is 2. The summed E-state index contributed by atoms with van der Waals surface area (Å²) in [6, 6.07) is 5.79. The fourth-order valence-corrected chi connectivity index (χ4v) is 4.57. The van der Waals surface area contributed by atoms with Gasteiger partial charge in [-0.2, -0.15) is 0 Å². The van der Waals surface area contributed by atoms with Crippen molar-refractivity contribution in [1.82, 2.24) is 14.9 Å². The predicted octanol–water partition coefficient (Wildman–Crippen LogP) is 2.18. The van der Waals surface area contributed by atoms with Gasteiger partial charge in [0.15, 0.2) is 0 Å². The fourth-order valence-electron chi connectivity index (χ4n) is 4.57. The Morgan fingerprint density at radius 3 is 2.72 bits per heavy atom. The van der Waals surface area contributed by atoms with E-state index in [1.807, 2.05) is 25.2 Å². The van der Waals surface area contributed by atoms with Crippen LogP contribution in [0.25, 0.3) is 0 Å². The van der Waals surface area contributed by atoms with Gasteiger partial charge < -0.3 is 29.9 Å². The first kappa shape index (κ1) is 24.0. The maximum Gasteiger partial charge on any atom is 0.238 e. The van der Waals surface area contributed by atoms with Crippen molar-refractivity contribution in [1.29, 1.82) is 0 Å². The van der Waals surface area contributed by atoms with Crippen LogP contribution in [0.3, 0.4) is 0 Å². The van der Waals surface area contributed by atoms with Gasteiger partial charge in [0.1, 0.15) is 29.6 Å². The maximum absolute atomic E-state index is 12.8. The Balaban J connectivity index is 1.47. The molecule has 1 aromatic heterocycles. The highest BCUT2D eigenvalue weighted by Gasteiger charge is 2.33. The zero-order valence-corrected chi connectivity index (χ0v) is 20.4. The number of carbonyl (C=O) groups excluding carboxylic acids is 2. The second-order valence-electron chi connectivity index (χ2n) is 9.03. The van der Waals surface area contributed by atoms with Crippen molar-refractivity contribution in [3.05, 3.63) is 30.1 Å². The number of fused-ring (bicyclic) bond motifs is 2. The molecule has 190 valence electrons. The molecule has 1 fully saturated rings. The lowest BCUT2D eigenvalue weighted by Crippen LogP contribution is -2.36. The Morgan fingerprint density at radius 1 is 1.03 bits per heavy atom.